The molecule has 3 atom stereocenters. The van der Waals surface area contributed by atoms with Crippen LogP contribution in [0, 0.1) is 5.92 Å². The normalized spacial score (nSPS) is 32.6. The molecular formula is C14H19NO2. The number of fused-ring (bicyclic) bond motifs is 1. The number of nitrogens with one attached hydrogen (secondary N) is 1. The van der Waals surface area contributed by atoms with Gasteiger partial charge in [-0.3, -0.25) is 0 Å². The Kier molecular flexibility index (Phi) is 3.04. The highest BCUT2D eigenvalue weighted by molar-refractivity contribution is 5.37. The monoisotopic (exact) mass is 233 g/mol. The number of hydrogen-bond acceptors (Lipinski definition) is 3. The second-order valence-corrected chi connectivity index (χ2v) is 5.01. The minimum atomic E-state index is -0.393. The van der Waals surface area contributed by atoms with E-state index in [4.69, 9.17) is 4.74 Å². The SMILES string of the molecule is OC1c2ccccc2OCC1C1CCCCN1. The van der Waals surface area contributed by atoms with E-state index in [0.717, 1.165) is 24.3 Å². The summed E-state index contributed by atoms with van der Waals surface area (Å²) >= 11 is 0. The van der Waals surface area contributed by atoms with Crippen molar-refractivity contribution in [2.45, 2.75) is 31.4 Å². The summed E-state index contributed by atoms with van der Waals surface area (Å²) in [5, 5.41) is 14.0. The average Bonchev–Trinajstić information content (AvgIpc) is 2.40. The van der Waals surface area contributed by atoms with Crippen LogP contribution in [-0.4, -0.2) is 24.3 Å². The smallest absolute Gasteiger partial charge is 0.125 e. The van der Waals surface area contributed by atoms with Gasteiger partial charge in [-0.15, -0.1) is 0 Å². The zero-order valence-corrected chi connectivity index (χ0v) is 9.93. The van der Waals surface area contributed by atoms with Crippen molar-refractivity contribution in [2.24, 2.45) is 5.92 Å². The first-order valence-electron chi connectivity index (χ1n) is 6.49. The van der Waals surface area contributed by atoms with Gasteiger partial charge in [0.25, 0.3) is 0 Å². The predicted molar refractivity (Wildman–Crippen MR) is 66.0 cm³/mol. The topological polar surface area (TPSA) is 41.5 Å². The Labute approximate surface area is 102 Å². The third-order valence-corrected chi connectivity index (χ3v) is 3.94. The Bertz CT molecular complexity index is 388. The molecule has 3 nitrogen and oxygen atoms in total. The molecule has 3 heteroatoms. The Balaban J connectivity index is 1.81. The Hall–Kier alpha value is -1.06. The minimum absolute atomic E-state index is 0.185. The van der Waals surface area contributed by atoms with Crippen molar-refractivity contribution in [3.63, 3.8) is 0 Å². The molecule has 0 spiro atoms. The third-order valence-electron chi connectivity index (χ3n) is 3.94. The summed E-state index contributed by atoms with van der Waals surface area (Å²) in [7, 11) is 0. The van der Waals surface area contributed by atoms with Gasteiger partial charge in [-0.25, -0.2) is 0 Å². The number of para-hydroxylation sites is 1. The molecule has 0 bridgehead atoms. The summed E-state index contributed by atoms with van der Waals surface area (Å²) in [6, 6.07) is 8.21. The minimum Gasteiger partial charge on any atom is -0.493 e. The molecule has 0 aliphatic carbocycles. The van der Waals surface area contributed by atoms with Gasteiger partial charge in [-0.2, -0.15) is 0 Å². The van der Waals surface area contributed by atoms with Crippen molar-refractivity contribution >= 4 is 0 Å². The zero-order chi connectivity index (χ0) is 11.7. The van der Waals surface area contributed by atoms with Gasteiger partial charge in [0.1, 0.15) is 5.75 Å². The van der Waals surface area contributed by atoms with E-state index in [1.54, 1.807) is 0 Å². The van der Waals surface area contributed by atoms with Crippen molar-refractivity contribution < 1.29 is 9.84 Å². The van der Waals surface area contributed by atoms with Crippen molar-refractivity contribution in [3.8, 4) is 5.75 Å². The van der Waals surface area contributed by atoms with Gasteiger partial charge in [0.2, 0.25) is 0 Å². The number of benzene rings is 1. The highest BCUT2D eigenvalue weighted by Gasteiger charge is 2.35. The Morgan fingerprint density at radius 2 is 2.12 bits per heavy atom. The number of ether oxygens (including phenoxy) is 1. The second-order valence-electron chi connectivity index (χ2n) is 5.01. The van der Waals surface area contributed by atoms with Gasteiger partial charge < -0.3 is 15.2 Å². The van der Waals surface area contributed by atoms with E-state index in [0.29, 0.717) is 12.6 Å². The van der Waals surface area contributed by atoms with Gasteiger partial charge in [-0.1, -0.05) is 24.6 Å². The molecule has 0 aromatic heterocycles. The molecule has 1 aromatic carbocycles. The molecule has 0 amide bonds. The van der Waals surface area contributed by atoms with Gasteiger partial charge in [-0.05, 0) is 25.5 Å². The fourth-order valence-corrected chi connectivity index (χ4v) is 2.94. The Morgan fingerprint density at radius 1 is 1.24 bits per heavy atom. The molecule has 1 saturated heterocycles. The van der Waals surface area contributed by atoms with Crippen molar-refractivity contribution in [1.29, 1.82) is 0 Å². The van der Waals surface area contributed by atoms with E-state index in [2.05, 4.69) is 5.32 Å². The van der Waals surface area contributed by atoms with Gasteiger partial charge in [0, 0.05) is 17.5 Å². The van der Waals surface area contributed by atoms with Crippen molar-refractivity contribution in [2.75, 3.05) is 13.2 Å². The lowest BCUT2D eigenvalue weighted by atomic mass is 9.84. The summed E-state index contributed by atoms with van der Waals surface area (Å²) < 4.78 is 5.76. The van der Waals surface area contributed by atoms with Gasteiger partial charge >= 0.3 is 0 Å². The summed E-state index contributed by atoms with van der Waals surface area (Å²) in [5.41, 5.74) is 0.941. The molecular weight excluding hydrogens is 214 g/mol. The summed E-state index contributed by atoms with van der Waals surface area (Å²) in [5.74, 6) is 1.03. The molecule has 0 radical (unpaired) electrons. The molecule has 0 saturated carbocycles. The molecule has 1 aromatic rings. The van der Waals surface area contributed by atoms with Crippen LogP contribution >= 0.6 is 0 Å². The van der Waals surface area contributed by atoms with Gasteiger partial charge in [0.05, 0.1) is 12.7 Å². The maximum atomic E-state index is 10.5. The summed E-state index contributed by atoms with van der Waals surface area (Å²) in [4.78, 5) is 0. The zero-order valence-electron chi connectivity index (χ0n) is 9.93. The lowest BCUT2D eigenvalue weighted by molar-refractivity contribution is 0.0237. The maximum Gasteiger partial charge on any atom is 0.125 e. The Morgan fingerprint density at radius 3 is 2.94 bits per heavy atom. The fourth-order valence-electron chi connectivity index (χ4n) is 2.94. The van der Waals surface area contributed by atoms with Crippen LogP contribution in [0.2, 0.25) is 0 Å². The predicted octanol–water partition coefficient (Wildman–Crippen LogP) is 1.87. The van der Waals surface area contributed by atoms with Crippen molar-refractivity contribution in [1.82, 2.24) is 5.32 Å². The average molecular weight is 233 g/mol. The van der Waals surface area contributed by atoms with Crippen molar-refractivity contribution in [3.05, 3.63) is 29.8 Å². The molecule has 3 rings (SSSR count). The van der Waals surface area contributed by atoms with Crippen LogP contribution in [0.15, 0.2) is 24.3 Å². The number of hydrogen-bond donors (Lipinski definition) is 2. The van der Waals surface area contributed by atoms with Crippen LogP contribution in [0.3, 0.4) is 0 Å². The van der Waals surface area contributed by atoms with Crippen LogP contribution in [0.5, 0.6) is 5.75 Å². The van der Waals surface area contributed by atoms with Crippen LogP contribution in [0.4, 0.5) is 0 Å². The number of piperidine rings is 1. The van der Waals surface area contributed by atoms with Crippen LogP contribution in [0.25, 0.3) is 0 Å². The third kappa shape index (κ3) is 2.05. The van der Waals surface area contributed by atoms with Crippen LogP contribution in [0.1, 0.15) is 30.9 Å². The summed E-state index contributed by atoms with van der Waals surface area (Å²) in [6.07, 6.45) is 3.25. The van der Waals surface area contributed by atoms with Crippen LogP contribution in [-0.2, 0) is 0 Å². The highest BCUT2D eigenvalue weighted by atomic mass is 16.5. The lowest BCUT2D eigenvalue weighted by Crippen LogP contribution is -2.46. The van der Waals surface area contributed by atoms with E-state index in [-0.39, 0.29) is 5.92 Å². The highest BCUT2D eigenvalue weighted by Crippen LogP contribution is 2.37. The number of aliphatic hydroxyl groups is 1. The van der Waals surface area contributed by atoms with E-state index >= 15 is 0 Å². The molecule has 2 heterocycles. The summed E-state index contributed by atoms with van der Waals surface area (Å²) in [6.45, 7) is 1.69. The van der Waals surface area contributed by atoms with E-state index in [1.165, 1.54) is 12.8 Å². The van der Waals surface area contributed by atoms with Gasteiger partial charge in [0.15, 0.2) is 0 Å². The fraction of sp³-hybridized carbons (Fsp3) is 0.571. The molecule has 2 aliphatic rings. The van der Waals surface area contributed by atoms with Crippen LogP contribution < -0.4 is 10.1 Å². The lowest BCUT2D eigenvalue weighted by Gasteiger charge is -2.37. The first kappa shape index (κ1) is 11.1. The first-order valence-corrected chi connectivity index (χ1v) is 6.49. The second kappa shape index (κ2) is 4.67. The van der Waals surface area contributed by atoms with E-state index < -0.39 is 6.10 Å². The largest absolute Gasteiger partial charge is 0.493 e. The maximum absolute atomic E-state index is 10.5. The number of rotatable bonds is 1. The molecule has 2 N–H and O–H groups in total. The molecule has 92 valence electrons. The van der Waals surface area contributed by atoms with E-state index in [9.17, 15) is 5.11 Å². The number of aliphatic hydroxyl groups excluding tert-OH is 1. The molecule has 3 unspecified atom stereocenters. The molecule has 1 fully saturated rings. The quantitative estimate of drug-likeness (QED) is 0.778. The molecule has 17 heavy (non-hydrogen) atoms. The molecule has 2 aliphatic heterocycles. The first-order chi connectivity index (χ1) is 8.36. The standard InChI is InChI=1S/C14H19NO2/c16-14-10-5-1-2-7-13(10)17-9-11(14)12-6-3-4-8-15-12/h1-2,5,7,11-12,14-16H,3-4,6,8-9H2. The van der Waals surface area contributed by atoms with E-state index in [1.807, 2.05) is 24.3 Å².